The summed E-state index contributed by atoms with van der Waals surface area (Å²) in [5, 5.41) is 0. The molecular formula is C18H14N2O2S2. The number of anilines is 1. The van der Waals surface area contributed by atoms with E-state index < -0.39 is 5.91 Å². The first kappa shape index (κ1) is 16.4. The number of aryl methyl sites for hydroxylation is 1. The molecule has 24 heavy (non-hydrogen) atoms. The van der Waals surface area contributed by atoms with Crippen molar-refractivity contribution in [3.05, 3.63) is 70.1 Å². The fourth-order valence-corrected chi connectivity index (χ4v) is 3.65. The molecule has 1 fully saturated rings. The van der Waals surface area contributed by atoms with Crippen molar-refractivity contribution in [2.75, 3.05) is 4.90 Å². The summed E-state index contributed by atoms with van der Waals surface area (Å²) >= 11 is 6.55. The molecule has 1 heterocycles. The zero-order chi connectivity index (χ0) is 17.3. The Morgan fingerprint density at radius 3 is 2.50 bits per heavy atom. The van der Waals surface area contributed by atoms with Crippen molar-refractivity contribution in [2.45, 2.75) is 6.92 Å². The molecule has 0 radical (unpaired) electrons. The number of amides is 2. The van der Waals surface area contributed by atoms with Crippen molar-refractivity contribution in [3.8, 4) is 0 Å². The minimum Gasteiger partial charge on any atom is -0.366 e. The monoisotopic (exact) mass is 354 g/mol. The summed E-state index contributed by atoms with van der Waals surface area (Å²) in [6.45, 7) is 2.00. The van der Waals surface area contributed by atoms with Gasteiger partial charge < -0.3 is 5.73 Å². The molecule has 1 saturated heterocycles. The van der Waals surface area contributed by atoms with Gasteiger partial charge in [-0.1, -0.05) is 65.9 Å². The number of carbonyl (C=O) groups is 2. The standard InChI is InChI=1S/C18H14N2O2S2/c1-11-6-8-12(9-7-11)10-15-17(22)20(18(23)24-15)14-5-3-2-4-13(14)16(19)21/h2-10H,1H3,(H2,19,21)/b15-10-. The lowest BCUT2D eigenvalue weighted by molar-refractivity contribution is -0.113. The van der Waals surface area contributed by atoms with E-state index in [4.69, 9.17) is 18.0 Å². The van der Waals surface area contributed by atoms with E-state index in [2.05, 4.69) is 0 Å². The van der Waals surface area contributed by atoms with Crippen LogP contribution in [0, 0.1) is 6.92 Å². The van der Waals surface area contributed by atoms with E-state index in [1.54, 1.807) is 30.3 Å². The fourth-order valence-electron chi connectivity index (χ4n) is 2.37. The third-order valence-electron chi connectivity index (χ3n) is 3.58. The molecule has 6 heteroatoms. The first-order valence-corrected chi connectivity index (χ1v) is 8.43. The second-order valence-electron chi connectivity index (χ2n) is 5.31. The van der Waals surface area contributed by atoms with Crippen molar-refractivity contribution < 1.29 is 9.59 Å². The molecule has 4 nitrogen and oxygen atoms in total. The molecule has 1 aliphatic rings. The molecule has 2 amide bonds. The van der Waals surface area contributed by atoms with Crippen LogP contribution in [-0.4, -0.2) is 16.1 Å². The summed E-state index contributed by atoms with van der Waals surface area (Å²) in [5.41, 5.74) is 8.16. The van der Waals surface area contributed by atoms with Gasteiger partial charge in [-0.05, 0) is 30.7 Å². The molecule has 3 rings (SSSR count). The number of carbonyl (C=O) groups excluding carboxylic acids is 2. The van der Waals surface area contributed by atoms with Crippen LogP contribution in [0.5, 0.6) is 0 Å². The summed E-state index contributed by atoms with van der Waals surface area (Å²) in [4.78, 5) is 26.3. The number of hydrogen-bond acceptors (Lipinski definition) is 4. The predicted molar refractivity (Wildman–Crippen MR) is 102 cm³/mol. The smallest absolute Gasteiger partial charge is 0.270 e. The zero-order valence-corrected chi connectivity index (χ0v) is 14.5. The SMILES string of the molecule is Cc1ccc(/C=C2\SC(=S)N(c3ccccc3C(N)=O)C2=O)cc1. The second-order valence-corrected chi connectivity index (χ2v) is 6.98. The van der Waals surface area contributed by atoms with Crippen LogP contribution in [0.15, 0.2) is 53.4 Å². The van der Waals surface area contributed by atoms with E-state index in [1.165, 1.54) is 16.7 Å². The number of benzene rings is 2. The zero-order valence-electron chi connectivity index (χ0n) is 12.9. The Morgan fingerprint density at radius 1 is 1.17 bits per heavy atom. The number of para-hydroxylation sites is 1. The lowest BCUT2D eigenvalue weighted by Crippen LogP contribution is -2.30. The predicted octanol–water partition coefficient (Wildman–Crippen LogP) is 3.50. The number of thioether (sulfide) groups is 1. The number of primary amides is 1. The van der Waals surface area contributed by atoms with E-state index >= 15 is 0 Å². The van der Waals surface area contributed by atoms with E-state index in [0.717, 1.165) is 11.1 Å². The molecule has 0 aromatic heterocycles. The Morgan fingerprint density at radius 2 is 1.83 bits per heavy atom. The number of nitrogens with two attached hydrogens (primary N) is 1. The molecular weight excluding hydrogens is 340 g/mol. The maximum atomic E-state index is 12.8. The summed E-state index contributed by atoms with van der Waals surface area (Å²) < 4.78 is 0.382. The molecule has 1 aliphatic heterocycles. The molecule has 2 aromatic carbocycles. The van der Waals surface area contributed by atoms with Crippen LogP contribution in [-0.2, 0) is 4.79 Å². The quantitative estimate of drug-likeness (QED) is 0.677. The van der Waals surface area contributed by atoms with Gasteiger partial charge in [0.25, 0.3) is 11.8 Å². The van der Waals surface area contributed by atoms with E-state index in [1.807, 2.05) is 31.2 Å². The average Bonchev–Trinajstić information content (AvgIpc) is 2.83. The maximum Gasteiger partial charge on any atom is 0.270 e. The maximum absolute atomic E-state index is 12.8. The van der Waals surface area contributed by atoms with Crippen LogP contribution in [0.3, 0.4) is 0 Å². The summed E-state index contributed by atoms with van der Waals surface area (Å²) in [6.07, 6.45) is 1.80. The van der Waals surface area contributed by atoms with Gasteiger partial charge in [0.05, 0.1) is 16.2 Å². The molecule has 0 unspecified atom stereocenters. The largest absolute Gasteiger partial charge is 0.366 e. The normalized spacial score (nSPS) is 16.0. The minimum atomic E-state index is -0.595. The number of rotatable bonds is 3. The molecule has 2 N–H and O–H groups in total. The highest BCUT2D eigenvalue weighted by atomic mass is 32.2. The topological polar surface area (TPSA) is 63.4 Å². The molecule has 0 bridgehead atoms. The second kappa shape index (κ2) is 6.59. The van der Waals surface area contributed by atoms with E-state index in [0.29, 0.717) is 14.9 Å². The van der Waals surface area contributed by atoms with E-state index in [9.17, 15) is 9.59 Å². The first-order chi connectivity index (χ1) is 11.5. The van der Waals surface area contributed by atoms with Crippen LogP contribution in [0.1, 0.15) is 21.5 Å². The van der Waals surface area contributed by atoms with Crippen LogP contribution in [0.25, 0.3) is 6.08 Å². The molecule has 2 aromatic rings. The minimum absolute atomic E-state index is 0.251. The van der Waals surface area contributed by atoms with Crippen LogP contribution >= 0.6 is 24.0 Å². The Hall–Kier alpha value is -2.44. The average molecular weight is 354 g/mol. The molecule has 0 aliphatic carbocycles. The number of nitrogens with zero attached hydrogens (tertiary/aromatic N) is 1. The van der Waals surface area contributed by atoms with Crippen molar-refractivity contribution in [1.82, 2.24) is 0 Å². The van der Waals surface area contributed by atoms with Gasteiger partial charge in [-0.3, -0.25) is 14.5 Å². The Kier molecular flexibility index (Phi) is 4.51. The van der Waals surface area contributed by atoms with Crippen molar-refractivity contribution in [3.63, 3.8) is 0 Å². The van der Waals surface area contributed by atoms with Gasteiger partial charge in [0.1, 0.15) is 0 Å². The lowest BCUT2D eigenvalue weighted by atomic mass is 10.1. The Labute approximate surface area is 149 Å². The number of hydrogen-bond donors (Lipinski definition) is 1. The summed E-state index contributed by atoms with van der Waals surface area (Å²) in [5.74, 6) is -0.846. The van der Waals surface area contributed by atoms with Crippen molar-refractivity contribution in [2.24, 2.45) is 5.73 Å². The highest BCUT2D eigenvalue weighted by Crippen LogP contribution is 2.37. The fraction of sp³-hybridized carbons (Fsp3) is 0.0556. The summed E-state index contributed by atoms with van der Waals surface area (Å²) in [6, 6.07) is 14.5. The molecule has 0 spiro atoms. The third kappa shape index (κ3) is 3.11. The Bertz CT molecular complexity index is 873. The summed E-state index contributed by atoms with van der Waals surface area (Å²) in [7, 11) is 0. The van der Waals surface area contributed by atoms with Gasteiger partial charge in [0, 0.05) is 0 Å². The van der Waals surface area contributed by atoms with Crippen molar-refractivity contribution >= 4 is 51.9 Å². The molecule has 0 atom stereocenters. The van der Waals surface area contributed by atoms with Gasteiger partial charge in [-0.15, -0.1) is 0 Å². The molecule has 0 saturated carbocycles. The van der Waals surface area contributed by atoms with Gasteiger partial charge in [-0.25, -0.2) is 0 Å². The van der Waals surface area contributed by atoms with Gasteiger partial charge >= 0.3 is 0 Å². The van der Waals surface area contributed by atoms with Gasteiger partial charge in [-0.2, -0.15) is 0 Å². The Balaban J connectivity index is 1.98. The van der Waals surface area contributed by atoms with Gasteiger partial charge in [0.2, 0.25) is 0 Å². The number of thiocarbonyl (C=S) groups is 1. The molecule has 120 valence electrons. The lowest BCUT2D eigenvalue weighted by Gasteiger charge is -2.17. The van der Waals surface area contributed by atoms with Crippen molar-refractivity contribution in [1.29, 1.82) is 0 Å². The van der Waals surface area contributed by atoms with Crippen LogP contribution in [0.2, 0.25) is 0 Å². The van der Waals surface area contributed by atoms with Crippen LogP contribution in [0.4, 0.5) is 5.69 Å². The van der Waals surface area contributed by atoms with Crippen LogP contribution < -0.4 is 10.6 Å². The van der Waals surface area contributed by atoms with Gasteiger partial charge in [0.15, 0.2) is 4.32 Å². The highest BCUT2D eigenvalue weighted by molar-refractivity contribution is 8.27. The highest BCUT2D eigenvalue weighted by Gasteiger charge is 2.35. The third-order valence-corrected chi connectivity index (χ3v) is 4.88. The van der Waals surface area contributed by atoms with E-state index in [-0.39, 0.29) is 11.5 Å². The first-order valence-electron chi connectivity index (χ1n) is 7.21.